The lowest BCUT2D eigenvalue weighted by Gasteiger charge is -2.18. The molecule has 0 saturated heterocycles. The van der Waals surface area contributed by atoms with Crippen molar-refractivity contribution in [1.82, 2.24) is 4.57 Å². The molecule has 7 aromatic carbocycles. The van der Waals surface area contributed by atoms with E-state index >= 15 is 0 Å². The summed E-state index contributed by atoms with van der Waals surface area (Å²) in [6.07, 6.45) is 0. The van der Waals surface area contributed by atoms with Crippen molar-refractivity contribution in [2.24, 2.45) is 0 Å². The van der Waals surface area contributed by atoms with Gasteiger partial charge in [0.15, 0.2) is 57.0 Å². The van der Waals surface area contributed by atoms with Crippen molar-refractivity contribution >= 4 is 92.3 Å². The number of nitrogens with zero attached hydrogens (tertiary/aromatic N) is 1. The first-order valence-corrected chi connectivity index (χ1v) is 18.0. The fourth-order valence-corrected chi connectivity index (χ4v) is 8.35. The number of phenolic OH excluding ortho intramolecular Hbond substituents is 16. The summed E-state index contributed by atoms with van der Waals surface area (Å²) in [7, 11) is 11.7. The van der Waals surface area contributed by atoms with Gasteiger partial charge >= 0.3 is 0 Å². The normalized spacial score (nSPS) is 12.0. The summed E-state index contributed by atoms with van der Waals surface area (Å²) < 4.78 is 12.4. The van der Waals surface area contributed by atoms with Gasteiger partial charge in [-0.15, -0.1) is 0 Å². The molecule has 0 saturated carbocycles. The molecule has 63 heavy (non-hydrogen) atoms. The summed E-state index contributed by atoms with van der Waals surface area (Å²) in [5.74, 6) is -17.6. The number of benzene rings is 7. The standard InChI is InChI=1S/C42H23B2NO18/c43-20-24(47)19-18-23(46)15(29(52)36(59)42(18)62-39(19)21(44)31(20)54)16-27(50)25(48)13(26(49)28(16)51)8-5-6-12-10(7-8)9-3-1-2-4-11(9)45(12)22-14-17-30(53)33(56)35(58)38(61)41(17)63-40(14)37(60)34(57)32(22)55/h1-7,46-61H. The summed E-state index contributed by atoms with van der Waals surface area (Å²) in [5, 5.41) is 175. The van der Waals surface area contributed by atoms with Gasteiger partial charge in [-0.1, -0.05) is 24.3 Å². The maximum absolute atomic E-state index is 11.5. The molecule has 0 aliphatic carbocycles. The van der Waals surface area contributed by atoms with Crippen LogP contribution in [0, 0.1) is 0 Å². The monoisotopic (exact) mass is 851 g/mol. The van der Waals surface area contributed by atoms with Gasteiger partial charge < -0.3 is 95.1 Å². The van der Waals surface area contributed by atoms with Gasteiger partial charge in [-0.25, -0.2) is 0 Å². The average molecular weight is 851 g/mol. The fraction of sp³-hybridized carbons (Fsp3) is 0. The third-order valence-electron chi connectivity index (χ3n) is 11.3. The Morgan fingerprint density at radius 3 is 1.46 bits per heavy atom. The Morgan fingerprint density at radius 2 is 0.810 bits per heavy atom. The molecule has 0 amide bonds. The zero-order valence-electron chi connectivity index (χ0n) is 31.1. The number of para-hydroxylation sites is 1. The second-order valence-corrected chi connectivity index (χ2v) is 14.5. The van der Waals surface area contributed by atoms with E-state index in [1.54, 1.807) is 24.3 Å². The van der Waals surface area contributed by atoms with Gasteiger partial charge in [-0.3, -0.25) is 0 Å². The molecule has 0 bridgehead atoms. The first kappa shape index (κ1) is 38.1. The summed E-state index contributed by atoms with van der Waals surface area (Å²) >= 11 is 0. The topological polar surface area (TPSA) is 355 Å². The smallest absolute Gasteiger partial charge is 0.208 e. The van der Waals surface area contributed by atoms with E-state index in [9.17, 15) is 81.7 Å². The predicted molar refractivity (Wildman–Crippen MR) is 224 cm³/mol. The number of aromatic nitrogens is 1. The highest BCUT2D eigenvalue weighted by Crippen LogP contribution is 2.62. The number of fused-ring (bicyclic) bond motifs is 9. The highest BCUT2D eigenvalue weighted by atomic mass is 16.4. The van der Waals surface area contributed by atoms with E-state index in [1.807, 2.05) is 0 Å². The molecule has 3 aromatic heterocycles. The number of phenols is 16. The largest absolute Gasteiger partial charge is 0.509 e. The summed E-state index contributed by atoms with van der Waals surface area (Å²) in [6.45, 7) is 0. The number of hydrogen-bond acceptors (Lipinski definition) is 18. The average Bonchev–Trinajstić information content (AvgIpc) is 3.97. The van der Waals surface area contributed by atoms with Gasteiger partial charge in [0.25, 0.3) is 0 Å². The van der Waals surface area contributed by atoms with Gasteiger partial charge in [0.2, 0.25) is 34.5 Å². The van der Waals surface area contributed by atoms with Crippen LogP contribution in [0.5, 0.6) is 92.0 Å². The van der Waals surface area contributed by atoms with Gasteiger partial charge in [0.1, 0.15) is 44.2 Å². The van der Waals surface area contributed by atoms with Crippen molar-refractivity contribution in [3.63, 3.8) is 0 Å². The van der Waals surface area contributed by atoms with Crippen LogP contribution in [0.15, 0.2) is 51.3 Å². The fourth-order valence-electron chi connectivity index (χ4n) is 8.35. The van der Waals surface area contributed by atoms with Crippen LogP contribution in [-0.2, 0) is 0 Å². The van der Waals surface area contributed by atoms with Gasteiger partial charge in [-0.2, -0.15) is 0 Å². The van der Waals surface area contributed by atoms with Crippen molar-refractivity contribution in [2.75, 3.05) is 0 Å². The molecule has 0 aliphatic heterocycles. The third-order valence-corrected chi connectivity index (χ3v) is 11.3. The number of aromatic hydroxyl groups is 16. The van der Waals surface area contributed by atoms with Gasteiger partial charge in [0.05, 0.1) is 49.3 Å². The lowest BCUT2D eigenvalue weighted by Crippen LogP contribution is -2.16. The Balaban J connectivity index is 1.23. The Hall–Kier alpha value is -9.13. The minimum absolute atomic E-state index is 0.111. The Morgan fingerprint density at radius 1 is 0.349 bits per heavy atom. The van der Waals surface area contributed by atoms with Crippen molar-refractivity contribution in [3.05, 3.63) is 42.5 Å². The number of hydrogen-bond donors (Lipinski definition) is 16. The van der Waals surface area contributed by atoms with E-state index in [0.29, 0.717) is 5.39 Å². The van der Waals surface area contributed by atoms with E-state index in [-0.39, 0.29) is 33.1 Å². The van der Waals surface area contributed by atoms with E-state index in [0.717, 1.165) is 0 Å². The van der Waals surface area contributed by atoms with Crippen LogP contribution >= 0.6 is 0 Å². The summed E-state index contributed by atoms with van der Waals surface area (Å²) in [6, 6.07) is 10.3. The second kappa shape index (κ2) is 12.2. The van der Waals surface area contributed by atoms with Gasteiger partial charge in [-0.05, 0) is 34.7 Å². The number of rotatable bonds is 3. The number of furan rings is 2. The van der Waals surface area contributed by atoms with Crippen molar-refractivity contribution in [1.29, 1.82) is 0 Å². The lowest BCUT2D eigenvalue weighted by molar-refractivity contribution is 0.347. The van der Waals surface area contributed by atoms with E-state index in [2.05, 4.69) is 0 Å². The molecule has 4 radical (unpaired) electrons. The maximum Gasteiger partial charge on any atom is 0.208 e. The third kappa shape index (κ3) is 4.47. The Kier molecular flexibility index (Phi) is 7.39. The highest BCUT2D eigenvalue weighted by molar-refractivity contribution is 6.48. The minimum atomic E-state index is -1.27. The van der Waals surface area contributed by atoms with Crippen LogP contribution in [0.1, 0.15) is 0 Å². The van der Waals surface area contributed by atoms with Crippen molar-refractivity contribution < 1.29 is 90.5 Å². The molecule has 0 unspecified atom stereocenters. The Labute approximate surface area is 349 Å². The Bertz CT molecular complexity index is 3760. The van der Waals surface area contributed by atoms with Crippen LogP contribution in [0.4, 0.5) is 0 Å². The molecule has 0 aliphatic rings. The molecule has 10 rings (SSSR count). The van der Waals surface area contributed by atoms with Crippen LogP contribution in [-0.4, -0.2) is 102 Å². The zero-order valence-corrected chi connectivity index (χ0v) is 31.1. The van der Waals surface area contributed by atoms with Crippen LogP contribution in [0.3, 0.4) is 0 Å². The summed E-state index contributed by atoms with van der Waals surface area (Å²) in [5.41, 5.74) is -6.38. The van der Waals surface area contributed by atoms with Crippen molar-refractivity contribution in [2.45, 2.75) is 0 Å². The van der Waals surface area contributed by atoms with Crippen LogP contribution in [0.2, 0.25) is 0 Å². The van der Waals surface area contributed by atoms with Gasteiger partial charge in [0, 0.05) is 10.8 Å². The van der Waals surface area contributed by atoms with Crippen LogP contribution in [0.25, 0.3) is 93.6 Å². The molecule has 0 atom stereocenters. The molecule has 310 valence electrons. The highest BCUT2D eigenvalue weighted by Gasteiger charge is 2.36. The van der Waals surface area contributed by atoms with E-state index in [1.165, 1.54) is 22.8 Å². The maximum atomic E-state index is 11.5. The minimum Gasteiger partial charge on any atom is -0.509 e. The molecule has 0 fully saturated rings. The molecule has 3 heterocycles. The van der Waals surface area contributed by atoms with E-state index < -0.39 is 158 Å². The first-order valence-electron chi connectivity index (χ1n) is 18.0. The molecule has 19 nitrogen and oxygen atoms in total. The predicted octanol–water partition coefficient (Wildman–Crippen LogP) is 4.79. The van der Waals surface area contributed by atoms with Crippen LogP contribution < -0.4 is 10.9 Å². The molecule has 21 heteroatoms. The zero-order chi connectivity index (χ0) is 45.1. The lowest BCUT2D eigenvalue weighted by atomic mass is 9.82. The molecule has 16 N–H and O–H groups in total. The van der Waals surface area contributed by atoms with E-state index in [4.69, 9.17) is 24.5 Å². The molecular weight excluding hydrogens is 828 g/mol. The second-order valence-electron chi connectivity index (χ2n) is 14.5. The molecular formula is C42H23B2NO18. The first-order chi connectivity index (χ1) is 29.8. The molecule has 0 spiro atoms. The summed E-state index contributed by atoms with van der Waals surface area (Å²) in [4.78, 5) is 0. The SMILES string of the molecule is [B]c1c(O)c([B])c2oc3c(O)c(O)c(-c4c(O)c(O)c(-c5ccc6c(c5)c5ccccc5n6-c5c(O)c(O)c(O)c6oc7c(O)c(O)c(O)c(O)c7c56)c(O)c4O)c(O)c3c2c1O. The quantitative estimate of drug-likeness (QED) is 0.0645. The van der Waals surface area contributed by atoms with Crippen molar-refractivity contribution in [3.8, 4) is 120 Å². The molecule has 10 aromatic rings.